The molecule has 0 saturated carbocycles. The first-order chi connectivity index (χ1) is 14.2. The Bertz CT molecular complexity index is 796. The Kier molecular flexibility index (Phi) is 5.79. The molecule has 3 fully saturated rings. The Labute approximate surface area is 175 Å². The molecule has 0 bridgehead atoms. The molecule has 164 valence electrons. The number of carbonyl (C=O) groups is 2. The van der Waals surface area contributed by atoms with Crippen molar-refractivity contribution in [2.45, 2.75) is 51.1 Å². The van der Waals surface area contributed by atoms with E-state index in [9.17, 15) is 18.4 Å². The number of ether oxygens (including phenoxy) is 1. The van der Waals surface area contributed by atoms with Crippen LogP contribution in [0.5, 0.6) is 0 Å². The highest BCUT2D eigenvalue weighted by molar-refractivity contribution is 5.81. The van der Waals surface area contributed by atoms with Gasteiger partial charge in [-0.3, -0.25) is 9.78 Å². The van der Waals surface area contributed by atoms with Crippen molar-refractivity contribution in [2.24, 2.45) is 11.8 Å². The first kappa shape index (κ1) is 21.2. The quantitative estimate of drug-likeness (QED) is 0.734. The van der Waals surface area contributed by atoms with Gasteiger partial charge in [0.05, 0.1) is 6.10 Å². The predicted molar refractivity (Wildman–Crippen MR) is 106 cm³/mol. The minimum atomic E-state index is -2.89. The number of nitrogens with zero attached hydrogens (tertiary/aromatic N) is 3. The number of alkyl halides is 2. The zero-order chi connectivity index (χ0) is 21.5. The second-order valence-corrected chi connectivity index (χ2v) is 9.05. The summed E-state index contributed by atoms with van der Waals surface area (Å²) in [6.45, 7) is 5.58. The smallest absolute Gasteiger partial charge is 0.320 e. The fraction of sp³-hybridized carbons (Fsp3) is 0.682. The summed E-state index contributed by atoms with van der Waals surface area (Å²) >= 11 is 0. The van der Waals surface area contributed by atoms with Gasteiger partial charge in [-0.15, -0.1) is 0 Å². The lowest BCUT2D eigenvalue weighted by Crippen LogP contribution is -2.55. The van der Waals surface area contributed by atoms with Crippen LogP contribution in [0.15, 0.2) is 18.3 Å². The van der Waals surface area contributed by atoms with E-state index in [1.165, 1.54) is 12.3 Å². The van der Waals surface area contributed by atoms with Crippen LogP contribution >= 0.6 is 0 Å². The largest absolute Gasteiger partial charge is 0.370 e. The highest BCUT2D eigenvalue weighted by Crippen LogP contribution is 2.34. The summed E-state index contributed by atoms with van der Waals surface area (Å²) in [6, 6.07) is 3.16. The number of piperidine rings is 2. The molecular weight excluding hydrogens is 392 g/mol. The summed E-state index contributed by atoms with van der Waals surface area (Å²) < 4.78 is 32.5. The molecule has 0 aromatic carbocycles. The molecule has 4 rings (SSSR count). The van der Waals surface area contributed by atoms with E-state index < -0.39 is 5.92 Å². The van der Waals surface area contributed by atoms with Gasteiger partial charge in [0, 0.05) is 68.8 Å². The molecule has 0 N–H and O–H groups in total. The Morgan fingerprint density at radius 3 is 2.60 bits per heavy atom. The molecule has 4 atom stereocenters. The van der Waals surface area contributed by atoms with Crippen molar-refractivity contribution < 1.29 is 23.1 Å². The predicted octanol–water partition coefficient (Wildman–Crippen LogP) is 3.42. The van der Waals surface area contributed by atoms with Crippen molar-refractivity contribution in [1.82, 2.24) is 14.8 Å². The molecule has 2 amide bonds. The van der Waals surface area contributed by atoms with E-state index in [1.807, 2.05) is 9.80 Å². The molecule has 3 aliphatic rings. The van der Waals surface area contributed by atoms with E-state index in [-0.39, 0.29) is 47.8 Å². The van der Waals surface area contributed by atoms with Gasteiger partial charge in [-0.2, -0.15) is 0 Å². The number of rotatable bonds is 2. The maximum Gasteiger partial charge on any atom is 0.320 e. The number of halogens is 2. The zero-order valence-electron chi connectivity index (χ0n) is 17.5. The molecule has 0 radical (unpaired) electrons. The summed E-state index contributed by atoms with van der Waals surface area (Å²) in [5, 5.41) is 0. The standard InChI is InChI=1S/C22H29F2N3O3/c1-14-11-26(7-5-18(14)19-4-3-16(10-25-19)22(2,23)24)21(29)27-8-6-20-15(12-27)9-17(28)13-30-20/h3-4,10,14-15,18,20H,5-9,11-13H2,1-2H3/t14?,15-,18?,20+/m1/s1. The average Bonchev–Trinajstić information content (AvgIpc) is 2.72. The number of likely N-dealkylation sites (tertiary alicyclic amines) is 2. The third-order valence-corrected chi connectivity index (χ3v) is 6.73. The maximum atomic E-state index is 13.4. The van der Waals surface area contributed by atoms with E-state index in [2.05, 4.69) is 11.9 Å². The SMILES string of the molecule is CC1CN(C(=O)N2CC[C@@H]3OCC(=O)C[C@@H]3C2)CCC1c1ccc(C(C)(F)F)cn1. The number of carbonyl (C=O) groups excluding carboxylic acids is 2. The number of aromatic nitrogens is 1. The van der Waals surface area contributed by atoms with Crippen molar-refractivity contribution in [2.75, 3.05) is 32.8 Å². The lowest BCUT2D eigenvalue weighted by atomic mass is 9.84. The number of hydrogen-bond acceptors (Lipinski definition) is 4. The van der Waals surface area contributed by atoms with Gasteiger partial charge in [0.25, 0.3) is 5.92 Å². The summed E-state index contributed by atoms with van der Waals surface area (Å²) in [5.74, 6) is -2.37. The summed E-state index contributed by atoms with van der Waals surface area (Å²) in [6.07, 6.45) is 3.36. The van der Waals surface area contributed by atoms with Crippen LogP contribution in [0, 0.1) is 11.8 Å². The van der Waals surface area contributed by atoms with Crippen LogP contribution in [0.25, 0.3) is 0 Å². The highest BCUT2D eigenvalue weighted by Gasteiger charge is 2.39. The lowest BCUT2D eigenvalue weighted by Gasteiger charge is -2.44. The maximum absolute atomic E-state index is 13.4. The summed E-state index contributed by atoms with van der Waals surface area (Å²) in [4.78, 5) is 32.8. The molecule has 30 heavy (non-hydrogen) atoms. The Morgan fingerprint density at radius 1 is 1.20 bits per heavy atom. The van der Waals surface area contributed by atoms with Crippen molar-refractivity contribution in [3.05, 3.63) is 29.6 Å². The van der Waals surface area contributed by atoms with Gasteiger partial charge in [0.15, 0.2) is 5.78 Å². The first-order valence-electron chi connectivity index (χ1n) is 10.7. The van der Waals surface area contributed by atoms with Gasteiger partial charge in [-0.1, -0.05) is 6.92 Å². The van der Waals surface area contributed by atoms with E-state index in [1.54, 1.807) is 6.07 Å². The highest BCUT2D eigenvalue weighted by atomic mass is 19.3. The van der Waals surface area contributed by atoms with Crippen LogP contribution in [0.1, 0.15) is 50.3 Å². The minimum absolute atomic E-state index is 0.0192. The number of pyridine rings is 1. The van der Waals surface area contributed by atoms with Gasteiger partial charge >= 0.3 is 6.03 Å². The van der Waals surface area contributed by atoms with Crippen LogP contribution in [0.3, 0.4) is 0 Å². The molecule has 3 aliphatic heterocycles. The van der Waals surface area contributed by atoms with Crippen molar-refractivity contribution in [1.29, 1.82) is 0 Å². The fourth-order valence-corrected chi connectivity index (χ4v) is 4.99. The van der Waals surface area contributed by atoms with Crippen molar-refractivity contribution in [3.8, 4) is 0 Å². The fourth-order valence-electron chi connectivity index (χ4n) is 4.99. The van der Waals surface area contributed by atoms with E-state index in [4.69, 9.17) is 4.74 Å². The Hall–Kier alpha value is -2.09. The van der Waals surface area contributed by atoms with E-state index >= 15 is 0 Å². The van der Waals surface area contributed by atoms with Crippen LogP contribution in [0.2, 0.25) is 0 Å². The molecule has 6 nitrogen and oxygen atoms in total. The molecule has 0 spiro atoms. The zero-order valence-corrected chi connectivity index (χ0v) is 17.5. The van der Waals surface area contributed by atoms with E-state index in [0.717, 1.165) is 25.5 Å². The molecule has 4 heterocycles. The number of fused-ring (bicyclic) bond motifs is 1. The minimum Gasteiger partial charge on any atom is -0.370 e. The number of Topliss-reactive ketones (excluding diaryl/α,β-unsaturated/α-hetero) is 1. The molecule has 2 unspecified atom stereocenters. The van der Waals surface area contributed by atoms with Crippen LogP contribution in [0.4, 0.5) is 13.6 Å². The monoisotopic (exact) mass is 421 g/mol. The Balaban J connectivity index is 1.36. The van der Waals surface area contributed by atoms with Gasteiger partial charge in [-0.25, -0.2) is 13.6 Å². The Morgan fingerprint density at radius 2 is 1.93 bits per heavy atom. The van der Waals surface area contributed by atoms with Gasteiger partial charge in [0.2, 0.25) is 0 Å². The normalized spacial score (nSPS) is 30.2. The molecule has 8 heteroatoms. The third kappa shape index (κ3) is 4.33. The molecule has 0 aliphatic carbocycles. The third-order valence-electron chi connectivity index (χ3n) is 6.73. The number of amides is 2. The van der Waals surface area contributed by atoms with E-state index in [0.29, 0.717) is 32.6 Å². The van der Waals surface area contributed by atoms with Gasteiger partial charge in [-0.05, 0) is 30.9 Å². The van der Waals surface area contributed by atoms with Gasteiger partial charge in [0.1, 0.15) is 6.61 Å². The molecule has 1 aromatic rings. The van der Waals surface area contributed by atoms with Crippen LogP contribution < -0.4 is 0 Å². The van der Waals surface area contributed by atoms with Gasteiger partial charge < -0.3 is 14.5 Å². The first-order valence-corrected chi connectivity index (χ1v) is 10.7. The second kappa shape index (κ2) is 8.21. The number of hydrogen-bond donors (Lipinski definition) is 0. The molecule has 3 saturated heterocycles. The van der Waals surface area contributed by atoms with Crippen molar-refractivity contribution >= 4 is 11.8 Å². The lowest BCUT2D eigenvalue weighted by molar-refractivity contribution is -0.140. The number of urea groups is 1. The second-order valence-electron chi connectivity index (χ2n) is 9.05. The topological polar surface area (TPSA) is 62.7 Å². The molecular formula is C22H29F2N3O3. The van der Waals surface area contributed by atoms with Crippen LogP contribution in [-0.2, 0) is 15.5 Å². The number of ketones is 1. The average molecular weight is 421 g/mol. The molecule has 1 aromatic heterocycles. The van der Waals surface area contributed by atoms with Crippen LogP contribution in [-0.4, -0.2) is 65.5 Å². The van der Waals surface area contributed by atoms with Crippen molar-refractivity contribution in [3.63, 3.8) is 0 Å². The summed E-state index contributed by atoms with van der Waals surface area (Å²) in [7, 11) is 0. The summed E-state index contributed by atoms with van der Waals surface area (Å²) in [5.41, 5.74) is 0.723.